The molecule has 0 bridgehead atoms. The number of ether oxygens (including phenoxy) is 2. The molecule has 2 aromatic rings. The summed E-state index contributed by atoms with van der Waals surface area (Å²) in [5, 5.41) is 0. The number of methoxy groups -OCH3 is 1. The van der Waals surface area contributed by atoms with Gasteiger partial charge in [0.1, 0.15) is 17.7 Å². The minimum Gasteiger partial charge on any atom is -0.497 e. The Morgan fingerprint density at radius 1 is 1.25 bits per heavy atom. The molecule has 1 amide bonds. The van der Waals surface area contributed by atoms with Crippen molar-refractivity contribution in [2.45, 2.75) is 19.1 Å². The van der Waals surface area contributed by atoms with Crippen LogP contribution in [-0.4, -0.2) is 37.1 Å². The molecule has 0 aliphatic carbocycles. The molecular weight excluding hydrogens is 309 g/mol. The van der Waals surface area contributed by atoms with E-state index in [9.17, 15) is 9.18 Å². The van der Waals surface area contributed by atoms with Crippen molar-refractivity contribution in [3.05, 3.63) is 65.5 Å². The van der Waals surface area contributed by atoms with E-state index in [1.54, 1.807) is 24.1 Å². The van der Waals surface area contributed by atoms with Gasteiger partial charge in [-0.15, -0.1) is 0 Å². The fourth-order valence-corrected chi connectivity index (χ4v) is 2.85. The molecule has 4 nitrogen and oxygen atoms in total. The molecule has 0 saturated carbocycles. The van der Waals surface area contributed by atoms with Gasteiger partial charge in [-0.25, -0.2) is 4.39 Å². The fourth-order valence-electron chi connectivity index (χ4n) is 2.85. The normalized spacial score (nSPS) is 20.7. The second kappa shape index (κ2) is 7.01. The second-order valence-electron chi connectivity index (χ2n) is 5.91. The number of benzene rings is 2. The average Bonchev–Trinajstić information content (AvgIpc) is 2.62. The van der Waals surface area contributed by atoms with Gasteiger partial charge >= 0.3 is 0 Å². The lowest BCUT2D eigenvalue weighted by atomic mass is 10.0. The van der Waals surface area contributed by atoms with Crippen LogP contribution in [0.25, 0.3) is 0 Å². The largest absolute Gasteiger partial charge is 0.497 e. The summed E-state index contributed by atoms with van der Waals surface area (Å²) in [5.41, 5.74) is 1.34. The van der Waals surface area contributed by atoms with Crippen molar-refractivity contribution >= 4 is 5.91 Å². The van der Waals surface area contributed by atoms with Crippen molar-refractivity contribution in [2.24, 2.45) is 0 Å². The highest BCUT2D eigenvalue weighted by Gasteiger charge is 2.31. The van der Waals surface area contributed by atoms with Crippen LogP contribution in [0.15, 0.2) is 48.5 Å². The van der Waals surface area contributed by atoms with Crippen molar-refractivity contribution in [2.75, 3.05) is 20.3 Å². The first-order chi connectivity index (χ1) is 11.6. The second-order valence-corrected chi connectivity index (χ2v) is 5.91. The molecule has 3 rings (SSSR count). The Hall–Kier alpha value is -2.40. The molecular formula is C19H20FNO3. The van der Waals surface area contributed by atoms with Crippen LogP contribution in [0.5, 0.6) is 5.75 Å². The predicted octanol–water partition coefficient (Wildman–Crippen LogP) is 3.44. The van der Waals surface area contributed by atoms with Crippen LogP contribution in [0, 0.1) is 5.82 Å². The number of hydrogen-bond acceptors (Lipinski definition) is 3. The lowest BCUT2D eigenvalue weighted by Gasteiger charge is -2.38. The molecule has 2 atom stereocenters. The van der Waals surface area contributed by atoms with Crippen molar-refractivity contribution in [1.82, 2.24) is 4.90 Å². The van der Waals surface area contributed by atoms with Crippen molar-refractivity contribution in [3.8, 4) is 5.75 Å². The number of nitrogens with zero attached hydrogens (tertiary/aromatic N) is 1. The van der Waals surface area contributed by atoms with Gasteiger partial charge < -0.3 is 14.4 Å². The summed E-state index contributed by atoms with van der Waals surface area (Å²) >= 11 is 0. The van der Waals surface area contributed by atoms with E-state index in [1.165, 1.54) is 12.1 Å². The van der Waals surface area contributed by atoms with Crippen LogP contribution in [0.3, 0.4) is 0 Å². The zero-order valence-electron chi connectivity index (χ0n) is 13.7. The summed E-state index contributed by atoms with van der Waals surface area (Å²) in [6.07, 6.45) is -0.204. The molecule has 1 heterocycles. The maximum Gasteiger partial charge on any atom is 0.254 e. The van der Waals surface area contributed by atoms with E-state index < -0.39 is 5.82 Å². The van der Waals surface area contributed by atoms with Crippen LogP contribution in [-0.2, 0) is 4.74 Å². The molecule has 126 valence electrons. The summed E-state index contributed by atoms with van der Waals surface area (Å²) in [5.74, 6) is 0.188. The molecule has 24 heavy (non-hydrogen) atoms. The first kappa shape index (κ1) is 16.5. The molecule has 1 fully saturated rings. The molecule has 0 N–H and O–H groups in total. The van der Waals surface area contributed by atoms with Crippen LogP contribution in [0.1, 0.15) is 28.9 Å². The topological polar surface area (TPSA) is 38.8 Å². The van der Waals surface area contributed by atoms with Gasteiger partial charge in [-0.2, -0.15) is 0 Å². The monoisotopic (exact) mass is 329 g/mol. The minimum absolute atomic E-state index is 0.0599. The Morgan fingerprint density at radius 3 is 2.67 bits per heavy atom. The molecule has 5 heteroatoms. The third-order valence-electron chi connectivity index (χ3n) is 4.25. The van der Waals surface area contributed by atoms with Gasteiger partial charge in [-0.05, 0) is 42.8 Å². The van der Waals surface area contributed by atoms with Crippen molar-refractivity contribution in [1.29, 1.82) is 0 Å². The third-order valence-corrected chi connectivity index (χ3v) is 4.25. The maximum absolute atomic E-state index is 13.4. The van der Waals surface area contributed by atoms with E-state index >= 15 is 0 Å². The highest BCUT2D eigenvalue weighted by molar-refractivity contribution is 5.94. The summed E-state index contributed by atoms with van der Waals surface area (Å²) in [7, 11) is 1.62. The SMILES string of the molecule is COc1ccc(C2CN(C(=O)c3cccc(F)c3)C(C)CO2)cc1. The molecule has 2 aromatic carbocycles. The van der Waals surface area contributed by atoms with Gasteiger partial charge in [-0.3, -0.25) is 4.79 Å². The van der Waals surface area contributed by atoms with Gasteiger partial charge in [0.15, 0.2) is 0 Å². The number of hydrogen-bond donors (Lipinski definition) is 0. The lowest BCUT2D eigenvalue weighted by molar-refractivity contribution is -0.0486. The number of morpholine rings is 1. The first-order valence-corrected chi connectivity index (χ1v) is 7.90. The molecule has 0 aromatic heterocycles. The summed E-state index contributed by atoms with van der Waals surface area (Å²) in [6, 6.07) is 13.3. The average molecular weight is 329 g/mol. The highest BCUT2D eigenvalue weighted by atomic mass is 19.1. The van der Waals surface area contributed by atoms with E-state index in [0.29, 0.717) is 18.7 Å². The Bertz CT molecular complexity index is 717. The zero-order valence-corrected chi connectivity index (χ0v) is 13.7. The lowest BCUT2D eigenvalue weighted by Crippen LogP contribution is -2.48. The Kier molecular flexibility index (Phi) is 4.81. The van der Waals surface area contributed by atoms with Crippen LogP contribution in [0.2, 0.25) is 0 Å². The van der Waals surface area contributed by atoms with E-state index in [4.69, 9.17) is 9.47 Å². The molecule has 1 saturated heterocycles. The van der Waals surface area contributed by atoms with E-state index in [2.05, 4.69) is 0 Å². The number of amides is 1. The molecule has 1 aliphatic heterocycles. The Labute approximate surface area is 140 Å². The standard InChI is InChI=1S/C19H20FNO3/c1-13-12-24-18(14-6-8-17(23-2)9-7-14)11-21(13)19(22)15-4-3-5-16(20)10-15/h3-10,13,18H,11-12H2,1-2H3. The van der Waals surface area contributed by atoms with Gasteiger partial charge in [0, 0.05) is 5.56 Å². The molecule has 0 radical (unpaired) electrons. The number of carbonyl (C=O) groups is 1. The van der Waals surface area contributed by atoms with E-state index in [0.717, 1.165) is 11.3 Å². The molecule has 0 spiro atoms. The maximum atomic E-state index is 13.4. The number of rotatable bonds is 3. The summed E-state index contributed by atoms with van der Waals surface area (Å²) in [4.78, 5) is 14.5. The first-order valence-electron chi connectivity index (χ1n) is 7.90. The van der Waals surface area contributed by atoms with Gasteiger partial charge in [0.05, 0.1) is 26.3 Å². The minimum atomic E-state index is -0.409. The highest BCUT2D eigenvalue weighted by Crippen LogP contribution is 2.27. The Balaban J connectivity index is 1.78. The van der Waals surface area contributed by atoms with Gasteiger partial charge in [-0.1, -0.05) is 18.2 Å². The van der Waals surface area contributed by atoms with Crippen LogP contribution in [0.4, 0.5) is 4.39 Å². The van der Waals surface area contributed by atoms with Crippen LogP contribution >= 0.6 is 0 Å². The third kappa shape index (κ3) is 3.41. The predicted molar refractivity (Wildman–Crippen MR) is 88.6 cm³/mol. The quantitative estimate of drug-likeness (QED) is 0.866. The molecule has 2 unspecified atom stereocenters. The fraction of sp³-hybridized carbons (Fsp3) is 0.316. The summed E-state index contributed by atoms with van der Waals surface area (Å²) in [6.45, 7) is 2.81. The Morgan fingerprint density at radius 2 is 2.00 bits per heavy atom. The molecule has 1 aliphatic rings. The van der Waals surface area contributed by atoms with Crippen LogP contribution < -0.4 is 4.74 Å². The van der Waals surface area contributed by atoms with Crippen molar-refractivity contribution < 1.29 is 18.7 Å². The van der Waals surface area contributed by atoms with E-state index in [-0.39, 0.29) is 18.1 Å². The zero-order chi connectivity index (χ0) is 17.1. The van der Waals surface area contributed by atoms with Gasteiger partial charge in [0.25, 0.3) is 5.91 Å². The summed E-state index contributed by atoms with van der Waals surface area (Å²) < 4.78 is 24.4. The number of carbonyl (C=O) groups excluding carboxylic acids is 1. The number of halogens is 1. The smallest absolute Gasteiger partial charge is 0.254 e. The van der Waals surface area contributed by atoms with Gasteiger partial charge in [0.2, 0.25) is 0 Å². The van der Waals surface area contributed by atoms with E-state index in [1.807, 2.05) is 31.2 Å². The van der Waals surface area contributed by atoms with Crippen molar-refractivity contribution in [3.63, 3.8) is 0 Å².